The quantitative estimate of drug-likeness (QED) is 0.831. The Balaban J connectivity index is 1.86. The number of benzene rings is 1. The summed E-state index contributed by atoms with van der Waals surface area (Å²) in [4.78, 5) is 13.3. The van der Waals surface area contributed by atoms with Gasteiger partial charge in [-0.05, 0) is 42.5 Å². The molecule has 0 aliphatic rings. The summed E-state index contributed by atoms with van der Waals surface area (Å²) in [5, 5.41) is 4.95. The van der Waals surface area contributed by atoms with Crippen LogP contribution < -0.4 is 10.1 Å². The van der Waals surface area contributed by atoms with Crippen LogP contribution in [0.25, 0.3) is 0 Å². The molecule has 1 heterocycles. The van der Waals surface area contributed by atoms with Crippen molar-refractivity contribution in [2.75, 3.05) is 12.4 Å². The lowest BCUT2D eigenvalue weighted by Crippen LogP contribution is -2.12. The van der Waals surface area contributed by atoms with Crippen molar-refractivity contribution in [1.82, 2.24) is 0 Å². The molecule has 5 heteroatoms. The SMILES string of the molecule is COc1ccc(Br)cc1NC(=O)CCCc1cccs1. The second kappa shape index (κ2) is 7.45. The van der Waals surface area contributed by atoms with E-state index in [2.05, 4.69) is 32.7 Å². The van der Waals surface area contributed by atoms with Gasteiger partial charge >= 0.3 is 0 Å². The van der Waals surface area contributed by atoms with Crippen LogP contribution in [0.4, 0.5) is 5.69 Å². The van der Waals surface area contributed by atoms with E-state index in [-0.39, 0.29) is 5.91 Å². The predicted octanol–water partition coefficient (Wildman–Crippen LogP) is 4.48. The summed E-state index contributed by atoms with van der Waals surface area (Å²) >= 11 is 5.12. The van der Waals surface area contributed by atoms with Gasteiger partial charge in [-0.2, -0.15) is 0 Å². The average Bonchev–Trinajstić information content (AvgIpc) is 2.92. The van der Waals surface area contributed by atoms with Gasteiger partial charge in [0, 0.05) is 15.8 Å². The normalized spacial score (nSPS) is 10.3. The molecule has 0 aliphatic heterocycles. The zero-order chi connectivity index (χ0) is 14.4. The summed E-state index contributed by atoms with van der Waals surface area (Å²) in [5.74, 6) is 0.678. The minimum absolute atomic E-state index is 0.0120. The van der Waals surface area contributed by atoms with Crippen LogP contribution in [0, 0.1) is 0 Å². The molecule has 0 unspecified atom stereocenters. The number of halogens is 1. The van der Waals surface area contributed by atoms with E-state index in [1.165, 1.54) is 4.88 Å². The number of carbonyl (C=O) groups excluding carboxylic acids is 1. The number of carbonyl (C=O) groups is 1. The van der Waals surface area contributed by atoms with Crippen molar-refractivity contribution in [2.45, 2.75) is 19.3 Å². The molecule has 106 valence electrons. The topological polar surface area (TPSA) is 38.3 Å². The van der Waals surface area contributed by atoms with Gasteiger partial charge in [-0.15, -0.1) is 11.3 Å². The highest BCUT2D eigenvalue weighted by atomic mass is 79.9. The van der Waals surface area contributed by atoms with Gasteiger partial charge in [0.05, 0.1) is 12.8 Å². The number of amides is 1. The van der Waals surface area contributed by atoms with Crippen molar-refractivity contribution in [3.05, 3.63) is 45.1 Å². The Kier molecular flexibility index (Phi) is 5.61. The van der Waals surface area contributed by atoms with Crippen LogP contribution in [0.1, 0.15) is 17.7 Å². The minimum Gasteiger partial charge on any atom is -0.495 e. The molecule has 0 atom stereocenters. The number of aryl methyl sites for hydroxylation is 1. The van der Waals surface area contributed by atoms with Crippen molar-refractivity contribution >= 4 is 38.9 Å². The van der Waals surface area contributed by atoms with E-state index >= 15 is 0 Å². The van der Waals surface area contributed by atoms with Crippen LogP contribution in [0.5, 0.6) is 5.75 Å². The standard InChI is InChI=1S/C15H16BrNO2S/c1-19-14-8-7-11(16)10-13(14)17-15(18)6-2-4-12-5-3-9-20-12/h3,5,7-10H,2,4,6H2,1H3,(H,17,18). The van der Waals surface area contributed by atoms with Gasteiger partial charge in [-0.1, -0.05) is 22.0 Å². The Morgan fingerprint density at radius 3 is 2.95 bits per heavy atom. The van der Waals surface area contributed by atoms with Gasteiger partial charge in [0.1, 0.15) is 5.75 Å². The van der Waals surface area contributed by atoms with Gasteiger partial charge in [-0.25, -0.2) is 0 Å². The molecule has 0 saturated carbocycles. The van der Waals surface area contributed by atoms with E-state index < -0.39 is 0 Å². The number of anilines is 1. The Hall–Kier alpha value is -1.33. The van der Waals surface area contributed by atoms with Gasteiger partial charge in [0.25, 0.3) is 0 Å². The molecule has 1 amide bonds. The summed E-state index contributed by atoms with van der Waals surface area (Å²) in [6.07, 6.45) is 2.30. The Labute approximate surface area is 131 Å². The van der Waals surface area contributed by atoms with E-state index in [1.54, 1.807) is 18.4 Å². The van der Waals surface area contributed by atoms with Gasteiger partial charge in [0.2, 0.25) is 5.91 Å². The molecule has 20 heavy (non-hydrogen) atoms. The molecule has 0 radical (unpaired) electrons. The summed E-state index contributed by atoms with van der Waals surface area (Å²) in [6.45, 7) is 0. The van der Waals surface area contributed by atoms with Crippen LogP contribution in [0.2, 0.25) is 0 Å². The number of thiophene rings is 1. The molecular weight excluding hydrogens is 338 g/mol. The Morgan fingerprint density at radius 2 is 2.25 bits per heavy atom. The van der Waals surface area contributed by atoms with Crippen molar-refractivity contribution in [2.24, 2.45) is 0 Å². The molecule has 2 aromatic rings. The first-order valence-electron chi connectivity index (χ1n) is 6.35. The largest absolute Gasteiger partial charge is 0.495 e. The minimum atomic E-state index is 0.0120. The highest BCUT2D eigenvalue weighted by molar-refractivity contribution is 9.10. The number of hydrogen-bond acceptors (Lipinski definition) is 3. The lowest BCUT2D eigenvalue weighted by molar-refractivity contribution is -0.116. The van der Waals surface area contributed by atoms with Crippen molar-refractivity contribution in [3.8, 4) is 5.75 Å². The zero-order valence-corrected chi connectivity index (χ0v) is 13.6. The van der Waals surface area contributed by atoms with Crippen LogP contribution in [0.3, 0.4) is 0 Å². The second-order valence-corrected chi connectivity index (χ2v) is 6.27. The highest BCUT2D eigenvalue weighted by Crippen LogP contribution is 2.28. The summed E-state index contributed by atoms with van der Waals surface area (Å²) in [7, 11) is 1.59. The lowest BCUT2D eigenvalue weighted by Gasteiger charge is -2.10. The average molecular weight is 354 g/mol. The maximum atomic E-state index is 11.9. The number of ether oxygens (including phenoxy) is 1. The van der Waals surface area contributed by atoms with Gasteiger partial charge in [0.15, 0.2) is 0 Å². The van der Waals surface area contributed by atoms with Crippen LogP contribution in [-0.4, -0.2) is 13.0 Å². The van der Waals surface area contributed by atoms with E-state index in [0.717, 1.165) is 17.3 Å². The summed E-state index contributed by atoms with van der Waals surface area (Å²) in [6, 6.07) is 9.68. The van der Waals surface area contributed by atoms with E-state index in [0.29, 0.717) is 17.9 Å². The smallest absolute Gasteiger partial charge is 0.224 e. The third-order valence-corrected chi connectivity index (χ3v) is 4.27. The first-order chi connectivity index (χ1) is 9.69. The zero-order valence-electron chi connectivity index (χ0n) is 11.2. The molecule has 0 spiro atoms. The maximum absolute atomic E-state index is 11.9. The monoisotopic (exact) mass is 353 g/mol. The van der Waals surface area contributed by atoms with E-state index in [4.69, 9.17) is 4.74 Å². The van der Waals surface area contributed by atoms with Crippen LogP contribution in [0.15, 0.2) is 40.2 Å². The fourth-order valence-corrected chi connectivity index (χ4v) is 2.98. The third-order valence-electron chi connectivity index (χ3n) is 2.84. The number of hydrogen-bond donors (Lipinski definition) is 1. The number of nitrogens with one attached hydrogen (secondary N) is 1. The summed E-state index contributed by atoms with van der Waals surface area (Å²) < 4.78 is 6.14. The molecule has 1 N–H and O–H groups in total. The summed E-state index contributed by atoms with van der Waals surface area (Å²) in [5.41, 5.74) is 0.697. The second-order valence-electron chi connectivity index (χ2n) is 4.33. The number of methoxy groups -OCH3 is 1. The fourth-order valence-electron chi connectivity index (χ4n) is 1.87. The van der Waals surface area contributed by atoms with Crippen molar-refractivity contribution in [1.29, 1.82) is 0 Å². The van der Waals surface area contributed by atoms with Crippen molar-refractivity contribution < 1.29 is 9.53 Å². The highest BCUT2D eigenvalue weighted by Gasteiger charge is 2.08. The molecule has 3 nitrogen and oxygen atoms in total. The predicted molar refractivity (Wildman–Crippen MR) is 86.6 cm³/mol. The first-order valence-corrected chi connectivity index (χ1v) is 8.02. The molecule has 0 bridgehead atoms. The first kappa shape index (κ1) is 15.1. The molecule has 1 aromatic heterocycles. The maximum Gasteiger partial charge on any atom is 0.224 e. The molecular formula is C15H16BrNO2S. The Morgan fingerprint density at radius 1 is 1.40 bits per heavy atom. The van der Waals surface area contributed by atoms with E-state index in [1.807, 2.05) is 24.3 Å². The molecule has 2 rings (SSSR count). The van der Waals surface area contributed by atoms with Crippen LogP contribution >= 0.6 is 27.3 Å². The molecule has 0 fully saturated rings. The van der Waals surface area contributed by atoms with E-state index in [9.17, 15) is 4.79 Å². The fraction of sp³-hybridized carbons (Fsp3) is 0.267. The van der Waals surface area contributed by atoms with Gasteiger partial charge in [-0.3, -0.25) is 4.79 Å². The lowest BCUT2D eigenvalue weighted by atomic mass is 10.2. The molecule has 0 aliphatic carbocycles. The van der Waals surface area contributed by atoms with Crippen molar-refractivity contribution in [3.63, 3.8) is 0 Å². The Bertz CT molecular complexity index is 569. The molecule has 0 saturated heterocycles. The van der Waals surface area contributed by atoms with Crippen LogP contribution in [-0.2, 0) is 11.2 Å². The number of rotatable bonds is 6. The van der Waals surface area contributed by atoms with Gasteiger partial charge < -0.3 is 10.1 Å². The third kappa shape index (κ3) is 4.35. The molecule has 1 aromatic carbocycles.